The summed E-state index contributed by atoms with van der Waals surface area (Å²) in [5.41, 5.74) is 6.24. The van der Waals surface area contributed by atoms with Crippen molar-refractivity contribution in [3.63, 3.8) is 0 Å². The van der Waals surface area contributed by atoms with Crippen molar-refractivity contribution in [1.29, 1.82) is 0 Å². The Morgan fingerprint density at radius 1 is 1.30 bits per heavy atom. The molecule has 6 heteroatoms. The molecule has 0 aromatic heterocycles. The van der Waals surface area contributed by atoms with Crippen LogP contribution < -0.4 is 5.73 Å². The number of hydrogen-bond acceptors (Lipinski definition) is 3. The van der Waals surface area contributed by atoms with Gasteiger partial charge >= 0.3 is 0 Å². The highest BCUT2D eigenvalue weighted by molar-refractivity contribution is 5.79. The second-order valence-corrected chi connectivity index (χ2v) is 5.40. The lowest BCUT2D eigenvalue weighted by Gasteiger charge is -2.35. The maximum atomic E-state index is 13.3. The number of benzene rings is 1. The molecule has 0 bridgehead atoms. The van der Waals surface area contributed by atoms with Crippen LogP contribution in [0, 0.1) is 17.6 Å². The van der Waals surface area contributed by atoms with E-state index in [4.69, 9.17) is 10.6 Å². The normalized spacial score (nSPS) is 29.4. The highest BCUT2D eigenvalue weighted by Crippen LogP contribution is 2.36. The van der Waals surface area contributed by atoms with Gasteiger partial charge in [-0.2, -0.15) is 0 Å². The third-order valence-electron chi connectivity index (χ3n) is 3.97. The molecule has 3 rings (SSSR count). The number of nitrogens with two attached hydrogens (primary N) is 1. The molecule has 1 amide bonds. The molecule has 1 aromatic rings. The standard InChI is InChI=1S/C14H16F2N2O2/c15-11-2-1-8(7-12(11)16)13-3-4-20-18(13)14(19)9-5-10(17)6-9/h1-2,7,9-10,13H,3-6,17H2/t9?,10?,13-/m0/s1. The fraction of sp³-hybridized carbons (Fsp3) is 0.500. The predicted octanol–water partition coefficient (Wildman–Crippen LogP) is 1.91. The van der Waals surface area contributed by atoms with Crippen LogP contribution in [0.25, 0.3) is 0 Å². The fourth-order valence-electron chi connectivity index (χ4n) is 2.75. The van der Waals surface area contributed by atoms with Crippen LogP contribution in [0.1, 0.15) is 30.9 Å². The minimum absolute atomic E-state index is 0.0771. The molecule has 0 unspecified atom stereocenters. The average Bonchev–Trinajstić information content (AvgIpc) is 2.87. The van der Waals surface area contributed by atoms with E-state index in [0.29, 0.717) is 31.4 Å². The second-order valence-electron chi connectivity index (χ2n) is 5.40. The molecule has 1 heterocycles. The van der Waals surface area contributed by atoms with Gasteiger partial charge in [0, 0.05) is 18.4 Å². The van der Waals surface area contributed by atoms with E-state index in [1.54, 1.807) is 0 Å². The van der Waals surface area contributed by atoms with Crippen LogP contribution in [0.2, 0.25) is 0 Å². The molecule has 1 aliphatic carbocycles. The van der Waals surface area contributed by atoms with E-state index in [1.165, 1.54) is 11.1 Å². The molecular weight excluding hydrogens is 266 g/mol. The smallest absolute Gasteiger partial charge is 0.249 e. The van der Waals surface area contributed by atoms with Gasteiger partial charge in [-0.1, -0.05) is 6.07 Å². The quantitative estimate of drug-likeness (QED) is 0.901. The molecule has 2 N–H and O–H groups in total. The summed E-state index contributed by atoms with van der Waals surface area (Å²) in [6.07, 6.45) is 1.89. The van der Waals surface area contributed by atoms with Crippen molar-refractivity contribution in [2.24, 2.45) is 11.7 Å². The topological polar surface area (TPSA) is 55.6 Å². The molecule has 20 heavy (non-hydrogen) atoms. The van der Waals surface area contributed by atoms with Crippen molar-refractivity contribution in [3.8, 4) is 0 Å². The lowest BCUT2D eigenvalue weighted by molar-refractivity contribution is -0.185. The number of carbonyl (C=O) groups excluding carboxylic acids is 1. The van der Waals surface area contributed by atoms with Crippen LogP contribution in [0.4, 0.5) is 8.78 Å². The molecule has 1 saturated heterocycles. The van der Waals surface area contributed by atoms with E-state index in [0.717, 1.165) is 12.1 Å². The third kappa shape index (κ3) is 2.29. The number of hydroxylamine groups is 2. The summed E-state index contributed by atoms with van der Waals surface area (Å²) in [4.78, 5) is 17.7. The SMILES string of the molecule is NC1CC(C(=O)N2OCC[C@H]2c2ccc(F)c(F)c2)C1. The minimum atomic E-state index is -0.910. The Morgan fingerprint density at radius 3 is 2.70 bits per heavy atom. The van der Waals surface area contributed by atoms with Crippen LogP contribution in [-0.2, 0) is 9.63 Å². The molecule has 1 aliphatic heterocycles. The summed E-state index contributed by atoms with van der Waals surface area (Å²) >= 11 is 0. The summed E-state index contributed by atoms with van der Waals surface area (Å²) in [5, 5.41) is 1.31. The zero-order valence-corrected chi connectivity index (χ0v) is 10.9. The molecule has 2 aliphatic rings. The van der Waals surface area contributed by atoms with Gasteiger partial charge < -0.3 is 5.73 Å². The van der Waals surface area contributed by atoms with Crippen LogP contribution in [0.3, 0.4) is 0 Å². The molecule has 2 fully saturated rings. The number of halogens is 2. The van der Waals surface area contributed by atoms with Crippen LogP contribution in [0.15, 0.2) is 18.2 Å². The Morgan fingerprint density at radius 2 is 2.05 bits per heavy atom. The summed E-state index contributed by atoms with van der Waals surface area (Å²) in [6, 6.07) is 3.42. The maximum absolute atomic E-state index is 13.3. The van der Waals surface area contributed by atoms with Crippen molar-refractivity contribution < 1.29 is 18.4 Å². The molecule has 1 atom stereocenters. The Kier molecular flexibility index (Phi) is 3.43. The van der Waals surface area contributed by atoms with Gasteiger partial charge in [0.1, 0.15) is 0 Å². The number of rotatable bonds is 2. The van der Waals surface area contributed by atoms with Crippen LogP contribution in [-0.4, -0.2) is 23.6 Å². The highest BCUT2D eigenvalue weighted by Gasteiger charge is 2.40. The third-order valence-corrected chi connectivity index (χ3v) is 3.97. The lowest BCUT2D eigenvalue weighted by Crippen LogP contribution is -2.46. The maximum Gasteiger partial charge on any atom is 0.249 e. The average molecular weight is 282 g/mol. The first kappa shape index (κ1) is 13.5. The van der Waals surface area contributed by atoms with Gasteiger partial charge in [0.05, 0.1) is 12.6 Å². The molecule has 4 nitrogen and oxygen atoms in total. The summed E-state index contributed by atoms with van der Waals surface area (Å²) in [6.45, 7) is 0.397. The molecule has 0 spiro atoms. The van der Waals surface area contributed by atoms with Gasteiger partial charge in [-0.25, -0.2) is 13.8 Å². The van der Waals surface area contributed by atoms with Gasteiger partial charge in [-0.05, 0) is 30.5 Å². The van der Waals surface area contributed by atoms with Crippen molar-refractivity contribution in [2.45, 2.75) is 31.3 Å². The number of hydrogen-bond donors (Lipinski definition) is 1. The lowest BCUT2D eigenvalue weighted by atomic mass is 9.80. The second kappa shape index (κ2) is 5.10. The highest BCUT2D eigenvalue weighted by atomic mass is 19.2. The molecule has 108 valence electrons. The first-order chi connectivity index (χ1) is 9.56. The number of nitrogens with zero attached hydrogens (tertiary/aromatic N) is 1. The van der Waals surface area contributed by atoms with Crippen molar-refractivity contribution in [2.75, 3.05) is 6.61 Å². The predicted molar refractivity (Wildman–Crippen MR) is 67.2 cm³/mol. The van der Waals surface area contributed by atoms with E-state index >= 15 is 0 Å². The minimum Gasteiger partial charge on any atom is -0.328 e. The molecule has 1 aromatic carbocycles. The molecule has 0 radical (unpaired) electrons. The van der Waals surface area contributed by atoms with E-state index in [1.807, 2.05) is 0 Å². The molecule has 1 saturated carbocycles. The van der Waals surface area contributed by atoms with E-state index in [9.17, 15) is 13.6 Å². The van der Waals surface area contributed by atoms with Crippen LogP contribution in [0.5, 0.6) is 0 Å². The van der Waals surface area contributed by atoms with Gasteiger partial charge in [0.25, 0.3) is 0 Å². The Hall–Kier alpha value is -1.53. The first-order valence-corrected chi connectivity index (χ1v) is 6.73. The Bertz CT molecular complexity index is 532. The van der Waals surface area contributed by atoms with Crippen molar-refractivity contribution in [1.82, 2.24) is 5.06 Å². The summed E-state index contributed by atoms with van der Waals surface area (Å²) in [7, 11) is 0. The summed E-state index contributed by atoms with van der Waals surface area (Å²) in [5.74, 6) is -2.03. The van der Waals surface area contributed by atoms with E-state index in [2.05, 4.69) is 0 Å². The zero-order chi connectivity index (χ0) is 14.3. The largest absolute Gasteiger partial charge is 0.328 e. The fourth-order valence-corrected chi connectivity index (χ4v) is 2.75. The van der Waals surface area contributed by atoms with Gasteiger partial charge in [0.15, 0.2) is 11.6 Å². The molecular formula is C14H16F2N2O2. The number of amides is 1. The van der Waals surface area contributed by atoms with Gasteiger partial charge in [-0.3, -0.25) is 9.63 Å². The monoisotopic (exact) mass is 282 g/mol. The van der Waals surface area contributed by atoms with Crippen LogP contribution >= 0.6 is 0 Å². The number of carbonyl (C=O) groups is 1. The first-order valence-electron chi connectivity index (χ1n) is 6.73. The van der Waals surface area contributed by atoms with E-state index in [-0.39, 0.29) is 23.9 Å². The summed E-state index contributed by atoms with van der Waals surface area (Å²) < 4.78 is 26.3. The zero-order valence-electron chi connectivity index (χ0n) is 10.9. The Balaban J connectivity index is 1.78. The van der Waals surface area contributed by atoms with Gasteiger partial charge in [-0.15, -0.1) is 0 Å². The van der Waals surface area contributed by atoms with Gasteiger partial charge in [0.2, 0.25) is 5.91 Å². The van der Waals surface area contributed by atoms with Crippen molar-refractivity contribution >= 4 is 5.91 Å². The van der Waals surface area contributed by atoms with E-state index < -0.39 is 11.6 Å². The Labute approximate surface area is 115 Å². The van der Waals surface area contributed by atoms with Crippen molar-refractivity contribution in [3.05, 3.63) is 35.4 Å².